The van der Waals surface area contributed by atoms with Crippen LogP contribution in [-0.4, -0.2) is 55.2 Å². The molecule has 1 saturated heterocycles. The van der Waals surface area contributed by atoms with Gasteiger partial charge in [0, 0.05) is 37.5 Å². The molecule has 1 aliphatic rings. The number of nitrogens with zero attached hydrogens (tertiary/aromatic N) is 6. The number of thioether (sulfide) groups is 1. The highest BCUT2D eigenvalue weighted by molar-refractivity contribution is 8.27. The van der Waals surface area contributed by atoms with Crippen LogP contribution in [0.4, 0.5) is 5.69 Å². The summed E-state index contributed by atoms with van der Waals surface area (Å²) in [6.07, 6.45) is 3.49. The predicted molar refractivity (Wildman–Crippen MR) is 191 cm³/mol. The third kappa shape index (κ3) is 5.80. The normalized spacial score (nSPS) is 14.6. The van der Waals surface area contributed by atoms with E-state index in [-0.39, 0.29) is 20.5 Å². The van der Waals surface area contributed by atoms with Gasteiger partial charge in [-0.2, -0.15) is 9.40 Å². The molecule has 6 rings (SSSR count). The molecule has 0 aliphatic carbocycles. The van der Waals surface area contributed by atoms with Crippen LogP contribution in [0.2, 0.25) is 0 Å². The highest BCUT2D eigenvalue weighted by Gasteiger charge is 2.38. The highest BCUT2D eigenvalue weighted by atomic mass is 32.2. The summed E-state index contributed by atoms with van der Waals surface area (Å²) in [5.41, 5.74) is 3.50. The first-order valence-electron chi connectivity index (χ1n) is 14.9. The topological polar surface area (TPSA) is 102 Å². The summed E-state index contributed by atoms with van der Waals surface area (Å²) < 4.78 is 33.3. The second-order valence-corrected chi connectivity index (χ2v) is 14.4. The summed E-state index contributed by atoms with van der Waals surface area (Å²) in [5.74, 6) is -0.428. The lowest BCUT2D eigenvalue weighted by atomic mass is 10.1. The van der Waals surface area contributed by atoms with E-state index < -0.39 is 15.9 Å². The van der Waals surface area contributed by atoms with Crippen LogP contribution in [0.1, 0.15) is 25.1 Å². The van der Waals surface area contributed by atoms with Crippen molar-refractivity contribution in [3.8, 4) is 22.6 Å². The van der Waals surface area contributed by atoms with E-state index in [0.29, 0.717) is 46.2 Å². The van der Waals surface area contributed by atoms with Gasteiger partial charge in [0.15, 0.2) is 4.32 Å². The minimum atomic E-state index is -3.73. The van der Waals surface area contributed by atoms with Gasteiger partial charge in [-0.1, -0.05) is 86.4 Å². The number of para-hydroxylation sites is 2. The number of thiocarbonyl (C=S) groups is 1. The average molecular weight is 685 g/mol. The second kappa shape index (κ2) is 12.9. The van der Waals surface area contributed by atoms with Crippen molar-refractivity contribution in [2.75, 3.05) is 18.0 Å². The number of sulfonamides is 1. The summed E-state index contributed by atoms with van der Waals surface area (Å²) in [6.45, 7) is 6.06. The Labute approximate surface area is 282 Å². The van der Waals surface area contributed by atoms with Crippen LogP contribution in [-0.2, 0) is 21.9 Å². The van der Waals surface area contributed by atoms with Crippen LogP contribution in [0.5, 0.6) is 0 Å². The molecular formula is C34H32N6O4S3. The van der Waals surface area contributed by atoms with Crippen molar-refractivity contribution in [1.29, 1.82) is 0 Å². The number of rotatable bonds is 9. The summed E-state index contributed by atoms with van der Waals surface area (Å²) in [6, 6.07) is 25.3. The van der Waals surface area contributed by atoms with Crippen LogP contribution in [0, 0.1) is 6.92 Å². The molecule has 3 aromatic carbocycles. The molecule has 0 atom stereocenters. The molecule has 1 fully saturated rings. The van der Waals surface area contributed by atoms with Crippen molar-refractivity contribution < 1.29 is 13.2 Å². The molecule has 47 heavy (non-hydrogen) atoms. The maximum Gasteiger partial charge on any atom is 0.296 e. The Balaban J connectivity index is 1.45. The van der Waals surface area contributed by atoms with Crippen LogP contribution in [0.25, 0.3) is 28.7 Å². The van der Waals surface area contributed by atoms with Gasteiger partial charge in [0.2, 0.25) is 10.0 Å². The van der Waals surface area contributed by atoms with E-state index in [1.54, 1.807) is 73.7 Å². The quantitative estimate of drug-likeness (QED) is 0.144. The molecule has 0 unspecified atom stereocenters. The standard InChI is InChI=1S/C34H32N6O4S3/c1-5-37(6-2)47(43,44)28-19-13-14-24(20-28)30-25(22-38(35-30)26-15-9-7-10-16-26)21-29-32(41)39(34(45)46-29)31-23(3)36(4)40(33(31)42)27-17-11-8-12-18-27/h7-22H,5-6H2,1-4H3. The van der Waals surface area contributed by atoms with Gasteiger partial charge in [0.25, 0.3) is 11.5 Å². The Morgan fingerprint density at radius 2 is 1.55 bits per heavy atom. The molecule has 0 N–H and O–H groups in total. The SMILES string of the molecule is CCN(CC)S(=O)(=O)c1cccc(-c2nn(-c3ccccc3)cc2C=C2SC(=S)N(c3c(C)n(C)n(-c4ccccc4)c3=O)C2=O)c1. The summed E-state index contributed by atoms with van der Waals surface area (Å²) in [7, 11) is -1.96. The lowest BCUT2D eigenvalue weighted by molar-refractivity contribution is -0.113. The van der Waals surface area contributed by atoms with Gasteiger partial charge in [-0.15, -0.1) is 0 Å². The Bertz CT molecular complexity index is 2200. The van der Waals surface area contributed by atoms with Crippen molar-refractivity contribution in [3.05, 3.63) is 118 Å². The molecule has 3 heterocycles. The monoisotopic (exact) mass is 684 g/mol. The summed E-state index contributed by atoms with van der Waals surface area (Å²) in [4.78, 5) is 29.5. The lowest BCUT2D eigenvalue weighted by Gasteiger charge is -2.18. The predicted octanol–water partition coefficient (Wildman–Crippen LogP) is 5.77. The van der Waals surface area contributed by atoms with E-state index >= 15 is 0 Å². The highest BCUT2D eigenvalue weighted by Crippen LogP contribution is 2.38. The first kappa shape index (κ1) is 32.4. The van der Waals surface area contributed by atoms with Gasteiger partial charge >= 0.3 is 0 Å². The minimum absolute atomic E-state index is 0.152. The van der Waals surface area contributed by atoms with Gasteiger partial charge < -0.3 is 0 Å². The van der Waals surface area contributed by atoms with Gasteiger partial charge in [0.05, 0.1) is 26.9 Å². The Morgan fingerprint density at radius 3 is 2.19 bits per heavy atom. The number of anilines is 1. The van der Waals surface area contributed by atoms with Crippen molar-refractivity contribution in [1.82, 2.24) is 23.4 Å². The van der Waals surface area contributed by atoms with Gasteiger partial charge in [-0.05, 0) is 49.4 Å². The molecule has 0 saturated carbocycles. The molecular weight excluding hydrogens is 653 g/mol. The third-order valence-electron chi connectivity index (χ3n) is 8.04. The maximum absolute atomic E-state index is 14.0. The van der Waals surface area contributed by atoms with Crippen LogP contribution >= 0.6 is 24.0 Å². The number of benzene rings is 3. The molecule has 5 aromatic rings. The third-order valence-corrected chi connectivity index (χ3v) is 11.4. The average Bonchev–Trinajstić information content (AvgIpc) is 3.69. The van der Waals surface area contributed by atoms with E-state index in [2.05, 4.69) is 0 Å². The summed E-state index contributed by atoms with van der Waals surface area (Å²) in [5, 5.41) is 4.84. The molecule has 2 aromatic heterocycles. The Morgan fingerprint density at radius 1 is 0.915 bits per heavy atom. The molecule has 10 nitrogen and oxygen atoms in total. The first-order valence-corrected chi connectivity index (χ1v) is 17.6. The zero-order chi connectivity index (χ0) is 33.5. The zero-order valence-electron chi connectivity index (χ0n) is 26.2. The van der Waals surface area contributed by atoms with Gasteiger partial charge in [-0.3, -0.25) is 19.2 Å². The largest absolute Gasteiger partial charge is 0.296 e. The molecule has 0 bridgehead atoms. The van der Waals surface area contributed by atoms with Crippen LogP contribution in [0.15, 0.2) is 106 Å². The molecule has 0 spiro atoms. The van der Waals surface area contributed by atoms with Crippen molar-refractivity contribution >= 4 is 56.0 Å². The fraction of sp³-hybridized carbons (Fsp3) is 0.176. The van der Waals surface area contributed by atoms with Crippen LogP contribution < -0.4 is 10.5 Å². The molecule has 13 heteroatoms. The number of hydrogen-bond acceptors (Lipinski definition) is 7. The number of amides is 1. The number of carbonyl (C=O) groups is 1. The molecule has 0 radical (unpaired) electrons. The lowest BCUT2D eigenvalue weighted by Crippen LogP contribution is -2.33. The smallest absolute Gasteiger partial charge is 0.283 e. The van der Waals surface area contributed by atoms with Crippen molar-refractivity contribution in [2.24, 2.45) is 7.05 Å². The fourth-order valence-electron chi connectivity index (χ4n) is 5.56. The Hall–Kier alpha value is -4.56. The number of carbonyl (C=O) groups excluding carboxylic acids is 1. The number of hydrogen-bond donors (Lipinski definition) is 0. The Kier molecular flexibility index (Phi) is 8.90. The van der Waals surface area contributed by atoms with E-state index in [9.17, 15) is 18.0 Å². The molecule has 1 aliphatic heterocycles. The first-order chi connectivity index (χ1) is 22.6. The van der Waals surface area contributed by atoms with Gasteiger partial charge in [0.1, 0.15) is 11.4 Å². The second-order valence-electron chi connectivity index (χ2n) is 10.8. The van der Waals surface area contributed by atoms with E-state index in [4.69, 9.17) is 17.3 Å². The van der Waals surface area contributed by atoms with E-state index in [1.165, 1.54) is 13.9 Å². The van der Waals surface area contributed by atoms with E-state index in [1.807, 2.05) is 60.7 Å². The van der Waals surface area contributed by atoms with Crippen LogP contribution in [0.3, 0.4) is 0 Å². The molecule has 240 valence electrons. The minimum Gasteiger partial charge on any atom is -0.283 e. The fourth-order valence-corrected chi connectivity index (χ4v) is 8.33. The van der Waals surface area contributed by atoms with Crippen molar-refractivity contribution in [2.45, 2.75) is 25.7 Å². The maximum atomic E-state index is 14.0. The zero-order valence-corrected chi connectivity index (χ0v) is 28.6. The summed E-state index contributed by atoms with van der Waals surface area (Å²) >= 11 is 6.77. The van der Waals surface area contributed by atoms with Crippen molar-refractivity contribution in [3.63, 3.8) is 0 Å². The van der Waals surface area contributed by atoms with Gasteiger partial charge in [-0.25, -0.2) is 17.8 Å². The van der Waals surface area contributed by atoms with E-state index in [0.717, 1.165) is 17.4 Å². The number of aromatic nitrogens is 4. The molecule has 1 amide bonds.